The minimum Gasteiger partial charge on any atom is -0.387 e. The number of aromatic nitrogens is 3. The predicted octanol–water partition coefficient (Wildman–Crippen LogP) is 2.33. The Hall–Kier alpha value is -2.57. The van der Waals surface area contributed by atoms with Crippen molar-refractivity contribution in [3.63, 3.8) is 0 Å². The summed E-state index contributed by atoms with van der Waals surface area (Å²) in [6, 6.07) is 10.8. The van der Waals surface area contributed by atoms with Gasteiger partial charge >= 0.3 is 0 Å². The molecule has 0 radical (unpaired) electrons. The lowest BCUT2D eigenvalue weighted by atomic mass is 10.1. The van der Waals surface area contributed by atoms with E-state index >= 15 is 0 Å². The number of aliphatic hydroxyl groups is 1. The number of rotatable bonds is 5. The smallest absolute Gasteiger partial charge is 0.256 e. The standard InChI is InChI=1S/C17H17ClN4O2/c1-21-17(22-8-4-5-9-22)13(10-20-21)16(24)19-11-15(23)12-6-2-3-7-14(12)18/h2-10,15,23H,11H2,1H3,(H,19,24). The Bertz CT molecular complexity index is 842. The van der Waals surface area contributed by atoms with Gasteiger partial charge in [0.2, 0.25) is 0 Å². The molecule has 7 heteroatoms. The van der Waals surface area contributed by atoms with E-state index in [-0.39, 0.29) is 12.5 Å². The van der Waals surface area contributed by atoms with Crippen LogP contribution in [-0.4, -0.2) is 31.9 Å². The van der Waals surface area contributed by atoms with Crippen molar-refractivity contribution in [2.75, 3.05) is 6.54 Å². The van der Waals surface area contributed by atoms with Crippen LogP contribution in [0.1, 0.15) is 22.0 Å². The summed E-state index contributed by atoms with van der Waals surface area (Å²) in [5.74, 6) is 0.350. The molecule has 124 valence electrons. The Labute approximate surface area is 144 Å². The number of hydrogen-bond donors (Lipinski definition) is 2. The van der Waals surface area contributed by atoms with Gasteiger partial charge in [-0.3, -0.25) is 9.48 Å². The van der Waals surface area contributed by atoms with Crippen LogP contribution in [0.4, 0.5) is 0 Å². The largest absolute Gasteiger partial charge is 0.387 e. The molecule has 0 aliphatic rings. The fourth-order valence-corrected chi connectivity index (χ4v) is 2.77. The zero-order chi connectivity index (χ0) is 17.1. The van der Waals surface area contributed by atoms with Crippen LogP contribution in [0, 0.1) is 0 Å². The average Bonchev–Trinajstić information content (AvgIpc) is 3.21. The predicted molar refractivity (Wildman–Crippen MR) is 91.3 cm³/mol. The zero-order valence-electron chi connectivity index (χ0n) is 13.1. The molecule has 0 fully saturated rings. The number of halogens is 1. The molecule has 0 saturated carbocycles. The minimum absolute atomic E-state index is 0.0581. The van der Waals surface area contributed by atoms with Crippen molar-refractivity contribution in [3.05, 3.63) is 71.1 Å². The van der Waals surface area contributed by atoms with Gasteiger partial charge in [0.25, 0.3) is 5.91 Å². The van der Waals surface area contributed by atoms with Gasteiger partial charge in [-0.25, -0.2) is 0 Å². The van der Waals surface area contributed by atoms with Crippen LogP contribution >= 0.6 is 11.6 Å². The van der Waals surface area contributed by atoms with E-state index in [1.54, 1.807) is 36.0 Å². The van der Waals surface area contributed by atoms with Gasteiger partial charge in [-0.1, -0.05) is 29.8 Å². The molecule has 2 aromatic heterocycles. The lowest BCUT2D eigenvalue weighted by molar-refractivity contribution is 0.0916. The van der Waals surface area contributed by atoms with Crippen LogP contribution in [0.2, 0.25) is 5.02 Å². The summed E-state index contributed by atoms with van der Waals surface area (Å²) in [6.07, 6.45) is 4.31. The molecular formula is C17H17ClN4O2. The number of aryl methyl sites for hydroxylation is 1. The molecule has 1 unspecified atom stereocenters. The van der Waals surface area contributed by atoms with Gasteiger partial charge in [0.1, 0.15) is 11.4 Å². The molecule has 1 amide bonds. The van der Waals surface area contributed by atoms with E-state index in [4.69, 9.17) is 11.6 Å². The van der Waals surface area contributed by atoms with Gasteiger partial charge in [0, 0.05) is 36.6 Å². The number of nitrogens with one attached hydrogen (secondary N) is 1. The summed E-state index contributed by atoms with van der Waals surface area (Å²) in [7, 11) is 1.77. The van der Waals surface area contributed by atoms with Gasteiger partial charge in [0.15, 0.2) is 0 Å². The first kappa shape index (κ1) is 16.3. The Morgan fingerprint density at radius 2 is 2.00 bits per heavy atom. The second kappa shape index (κ2) is 6.90. The minimum atomic E-state index is -0.880. The normalized spacial score (nSPS) is 12.1. The number of nitrogens with zero attached hydrogens (tertiary/aromatic N) is 3. The highest BCUT2D eigenvalue weighted by atomic mass is 35.5. The van der Waals surface area contributed by atoms with Crippen molar-refractivity contribution in [1.29, 1.82) is 0 Å². The molecule has 6 nitrogen and oxygen atoms in total. The SMILES string of the molecule is Cn1ncc(C(=O)NCC(O)c2ccccc2Cl)c1-n1cccc1. The Morgan fingerprint density at radius 3 is 2.71 bits per heavy atom. The van der Waals surface area contributed by atoms with Crippen molar-refractivity contribution in [2.45, 2.75) is 6.10 Å². The molecule has 2 heterocycles. The number of carbonyl (C=O) groups is 1. The molecule has 1 aromatic carbocycles. The molecule has 0 saturated heterocycles. The van der Waals surface area contributed by atoms with E-state index in [1.807, 2.05) is 29.1 Å². The Kier molecular flexibility index (Phi) is 4.69. The summed E-state index contributed by atoms with van der Waals surface area (Å²) in [4.78, 5) is 12.5. The second-order valence-corrected chi connectivity index (χ2v) is 5.75. The molecule has 3 aromatic rings. The van der Waals surface area contributed by atoms with Crippen molar-refractivity contribution < 1.29 is 9.90 Å². The van der Waals surface area contributed by atoms with E-state index in [0.717, 1.165) is 0 Å². The number of hydrogen-bond acceptors (Lipinski definition) is 3. The van der Waals surface area contributed by atoms with E-state index < -0.39 is 6.10 Å². The molecule has 0 bridgehead atoms. The summed E-state index contributed by atoms with van der Waals surface area (Å²) in [6.45, 7) is 0.0581. The van der Waals surface area contributed by atoms with Crippen LogP contribution in [-0.2, 0) is 7.05 Å². The highest BCUT2D eigenvalue weighted by Gasteiger charge is 2.19. The number of aliphatic hydroxyl groups excluding tert-OH is 1. The monoisotopic (exact) mass is 344 g/mol. The molecule has 2 N–H and O–H groups in total. The summed E-state index contributed by atoms with van der Waals surface area (Å²) in [5.41, 5.74) is 1.01. The fraction of sp³-hybridized carbons (Fsp3) is 0.176. The zero-order valence-corrected chi connectivity index (χ0v) is 13.8. The van der Waals surface area contributed by atoms with Crippen molar-refractivity contribution in [3.8, 4) is 5.82 Å². The Morgan fingerprint density at radius 1 is 1.29 bits per heavy atom. The first-order chi connectivity index (χ1) is 11.6. The number of carbonyl (C=O) groups excluding carboxylic acids is 1. The molecule has 0 aliphatic heterocycles. The van der Waals surface area contributed by atoms with Gasteiger partial charge in [-0.2, -0.15) is 5.10 Å². The van der Waals surface area contributed by atoms with Crippen LogP contribution in [0.25, 0.3) is 5.82 Å². The molecular weight excluding hydrogens is 328 g/mol. The van der Waals surface area contributed by atoms with E-state index in [1.165, 1.54) is 6.20 Å². The lowest BCUT2D eigenvalue weighted by Crippen LogP contribution is -2.29. The lowest BCUT2D eigenvalue weighted by Gasteiger charge is -2.14. The van der Waals surface area contributed by atoms with Crippen LogP contribution in [0.5, 0.6) is 0 Å². The van der Waals surface area contributed by atoms with Crippen LogP contribution < -0.4 is 5.32 Å². The number of benzene rings is 1. The maximum atomic E-state index is 12.5. The maximum Gasteiger partial charge on any atom is 0.256 e. The first-order valence-corrected chi connectivity index (χ1v) is 7.81. The third-order valence-electron chi connectivity index (χ3n) is 3.72. The molecule has 1 atom stereocenters. The molecule has 0 spiro atoms. The van der Waals surface area contributed by atoms with Crippen molar-refractivity contribution in [1.82, 2.24) is 19.7 Å². The van der Waals surface area contributed by atoms with Gasteiger partial charge in [-0.15, -0.1) is 0 Å². The summed E-state index contributed by atoms with van der Waals surface area (Å²) >= 11 is 6.06. The highest BCUT2D eigenvalue weighted by molar-refractivity contribution is 6.31. The first-order valence-electron chi connectivity index (χ1n) is 7.44. The number of amides is 1. The van der Waals surface area contributed by atoms with E-state index in [9.17, 15) is 9.90 Å². The average molecular weight is 345 g/mol. The third kappa shape index (κ3) is 3.20. The summed E-state index contributed by atoms with van der Waals surface area (Å²) in [5, 5.41) is 17.6. The maximum absolute atomic E-state index is 12.5. The van der Waals surface area contributed by atoms with Gasteiger partial charge in [-0.05, 0) is 18.2 Å². The van der Waals surface area contributed by atoms with E-state index in [2.05, 4.69) is 10.4 Å². The van der Waals surface area contributed by atoms with Crippen LogP contribution in [0.15, 0.2) is 55.0 Å². The van der Waals surface area contributed by atoms with Crippen LogP contribution in [0.3, 0.4) is 0 Å². The third-order valence-corrected chi connectivity index (χ3v) is 4.07. The highest BCUT2D eigenvalue weighted by Crippen LogP contribution is 2.22. The van der Waals surface area contributed by atoms with Crippen molar-refractivity contribution >= 4 is 17.5 Å². The van der Waals surface area contributed by atoms with Gasteiger partial charge in [0.05, 0.1) is 12.3 Å². The quantitative estimate of drug-likeness (QED) is 0.746. The molecule has 3 rings (SSSR count). The Balaban J connectivity index is 1.74. The molecule has 0 aliphatic carbocycles. The van der Waals surface area contributed by atoms with E-state index in [0.29, 0.717) is 22.0 Å². The van der Waals surface area contributed by atoms with Crippen molar-refractivity contribution in [2.24, 2.45) is 7.05 Å². The van der Waals surface area contributed by atoms with Gasteiger partial charge < -0.3 is 15.0 Å². The second-order valence-electron chi connectivity index (χ2n) is 5.34. The fourth-order valence-electron chi connectivity index (χ4n) is 2.51. The topological polar surface area (TPSA) is 72.1 Å². The molecule has 24 heavy (non-hydrogen) atoms. The summed E-state index contributed by atoms with van der Waals surface area (Å²) < 4.78 is 3.44.